The lowest BCUT2D eigenvalue weighted by atomic mass is 10.1. The summed E-state index contributed by atoms with van der Waals surface area (Å²) in [6.45, 7) is 2.12. The molecule has 1 amide bonds. The molecule has 1 atom stereocenters. The predicted octanol–water partition coefficient (Wildman–Crippen LogP) is 3.66. The number of benzene rings is 2. The van der Waals surface area contributed by atoms with E-state index < -0.39 is 6.10 Å². The fraction of sp³-hybridized carbons (Fsp3) is 0.235. The van der Waals surface area contributed by atoms with Crippen LogP contribution in [-0.2, 0) is 11.3 Å². The summed E-state index contributed by atoms with van der Waals surface area (Å²) in [6, 6.07) is 12.9. The normalized spacial score (nSPS) is 17.5. The van der Waals surface area contributed by atoms with E-state index in [1.54, 1.807) is 25.0 Å². The molecule has 0 bridgehead atoms. The topological polar surface area (TPSA) is 38.8 Å². The van der Waals surface area contributed by atoms with Gasteiger partial charge in [-0.2, -0.15) is 0 Å². The highest BCUT2D eigenvalue weighted by atomic mass is 35.5. The maximum Gasteiger partial charge on any atom is 0.268 e. The monoisotopic (exact) mass is 317 g/mol. The second-order valence-corrected chi connectivity index (χ2v) is 5.49. The van der Waals surface area contributed by atoms with Gasteiger partial charge in [-0.05, 0) is 25.1 Å². The number of fused-ring (bicyclic) bond motifs is 1. The number of para-hydroxylation sites is 2. The van der Waals surface area contributed by atoms with Crippen LogP contribution in [-0.4, -0.2) is 19.1 Å². The zero-order chi connectivity index (χ0) is 15.7. The first kappa shape index (κ1) is 14.7. The molecule has 0 aliphatic carbocycles. The smallest absolute Gasteiger partial charge is 0.268 e. The highest BCUT2D eigenvalue weighted by Crippen LogP contribution is 2.37. The number of hydrogen-bond donors (Lipinski definition) is 0. The maximum atomic E-state index is 12.7. The number of hydrogen-bond acceptors (Lipinski definition) is 3. The quantitative estimate of drug-likeness (QED) is 0.848. The molecule has 0 fully saturated rings. The van der Waals surface area contributed by atoms with Crippen molar-refractivity contribution < 1.29 is 14.3 Å². The molecule has 22 heavy (non-hydrogen) atoms. The van der Waals surface area contributed by atoms with Crippen molar-refractivity contribution in [2.75, 3.05) is 12.0 Å². The molecule has 0 aromatic heterocycles. The number of methoxy groups -OCH3 is 1. The Kier molecular flexibility index (Phi) is 3.94. The molecule has 2 aromatic rings. The largest absolute Gasteiger partial charge is 0.493 e. The van der Waals surface area contributed by atoms with Gasteiger partial charge in [0.15, 0.2) is 17.6 Å². The number of amides is 1. The van der Waals surface area contributed by atoms with E-state index >= 15 is 0 Å². The number of anilines is 1. The van der Waals surface area contributed by atoms with Crippen LogP contribution < -0.4 is 14.4 Å². The third-order valence-electron chi connectivity index (χ3n) is 3.66. The lowest BCUT2D eigenvalue weighted by Gasteiger charge is -2.23. The number of carbonyl (C=O) groups is 1. The van der Waals surface area contributed by atoms with E-state index in [-0.39, 0.29) is 5.91 Å². The Hall–Kier alpha value is -2.20. The van der Waals surface area contributed by atoms with Crippen molar-refractivity contribution in [2.24, 2.45) is 0 Å². The standard InChI is InChI=1S/C17H16ClNO3/c1-11-17(20)19(14-8-4-3-7-13(14)18)10-12-6-5-9-15(21-2)16(12)22-11/h3-9,11H,10H2,1-2H3/t11-/m0/s1. The Morgan fingerprint density at radius 2 is 2.00 bits per heavy atom. The summed E-state index contributed by atoms with van der Waals surface area (Å²) < 4.78 is 11.2. The van der Waals surface area contributed by atoms with Gasteiger partial charge in [0.05, 0.1) is 24.4 Å². The van der Waals surface area contributed by atoms with Crippen molar-refractivity contribution in [1.82, 2.24) is 0 Å². The summed E-state index contributed by atoms with van der Waals surface area (Å²) in [6.07, 6.45) is -0.617. The summed E-state index contributed by atoms with van der Waals surface area (Å²) in [5, 5.41) is 0.536. The average Bonchev–Trinajstić information content (AvgIpc) is 2.65. The van der Waals surface area contributed by atoms with Crippen LogP contribution in [0.2, 0.25) is 5.02 Å². The molecule has 1 heterocycles. The van der Waals surface area contributed by atoms with E-state index in [1.807, 2.05) is 36.4 Å². The van der Waals surface area contributed by atoms with Crippen LogP contribution in [0.5, 0.6) is 11.5 Å². The summed E-state index contributed by atoms with van der Waals surface area (Å²) in [4.78, 5) is 14.3. The van der Waals surface area contributed by atoms with Gasteiger partial charge in [-0.3, -0.25) is 4.79 Å². The van der Waals surface area contributed by atoms with Crippen molar-refractivity contribution >= 4 is 23.2 Å². The molecule has 4 nitrogen and oxygen atoms in total. The van der Waals surface area contributed by atoms with E-state index in [0.29, 0.717) is 28.8 Å². The SMILES string of the molecule is COc1cccc2c1O[C@@H](C)C(=O)N(c1ccccc1Cl)C2. The molecular formula is C17H16ClNO3. The van der Waals surface area contributed by atoms with E-state index in [9.17, 15) is 4.79 Å². The summed E-state index contributed by atoms with van der Waals surface area (Å²) in [7, 11) is 1.59. The summed E-state index contributed by atoms with van der Waals surface area (Å²) in [5.74, 6) is 1.10. The molecule has 1 aliphatic rings. The Morgan fingerprint density at radius 3 is 2.73 bits per heavy atom. The highest BCUT2D eigenvalue weighted by molar-refractivity contribution is 6.33. The minimum absolute atomic E-state index is 0.133. The fourth-order valence-corrected chi connectivity index (χ4v) is 2.79. The molecule has 0 saturated carbocycles. The van der Waals surface area contributed by atoms with Gasteiger partial charge in [0, 0.05) is 5.56 Å². The van der Waals surface area contributed by atoms with Gasteiger partial charge in [0.2, 0.25) is 0 Å². The summed E-state index contributed by atoms with van der Waals surface area (Å²) in [5.41, 5.74) is 1.57. The Labute approximate surface area is 134 Å². The van der Waals surface area contributed by atoms with Crippen molar-refractivity contribution in [3.63, 3.8) is 0 Å². The molecule has 0 N–H and O–H groups in total. The minimum Gasteiger partial charge on any atom is -0.493 e. The van der Waals surface area contributed by atoms with Crippen LogP contribution in [0.25, 0.3) is 0 Å². The van der Waals surface area contributed by atoms with E-state index in [2.05, 4.69) is 0 Å². The first-order valence-electron chi connectivity index (χ1n) is 7.00. The molecule has 1 aliphatic heterocycles. The number of rotatable bonds is 2. The average molecular weight is 318 g/mol. The molecule has 0 spiro atoms. The van der Waals surface area contributed by atoms with Crippen LogP contribution in [0, 0.1) is 0 Å². The number of halogens is 1. The minimum atomic E-state index is -0.617. The van der Waals surface area contributed by atoms with Gasteiger partial charge in [0.1, 0.15) is 0 Å². The van der Waals surface area contributed by atoms with Gasteiger partial charge in [-0.25, -0.2) is 0 Å². The predicted molar refractivity (Wildman–Crippen MR) is 85.7 cm³/mol. The number of carbonyl (C=O) groups excluding carboxylic acids is 1. The van der Waals surface area contributed by atoms with Crippen LogP contribution >= 0.6 is 11.6 Å². The van der Waals surface area contributed by atoms with Crippen molar-refractivity contribution in [1.29, 1.82) is 0 Å². The van der Waals surface area contributed by atoms with E-state index in [4.69, 9.17) is 21.1 Å². The number of nitrogens with zero attached hydrogens (tertiary/aromatic N) is 1. The van der Waals surface area contributed by atoms with Crippen molar-refractivity contribution in [3.8, 4) is 11.5 Å². The Morgan fingerprint density at radius 1 is 1.23 bits per heavy atom. The lowest BCUT2D eigenvalue weighted by molar-refractivity contribution is -0.124. The Bertz CT molecular complexity index is 717. The van der Waals surface area contributed by atoms with Gasteiger partial charge in [0.25, 0.3) is 5.91 Å². The van der Waals surface area contributed by atoms with E-state index in [1.165, 1.54) is 0 Å². The molecule has 5 heteroatoms. The molecule has 0 unspecified atom stereocenters. The Balaban J connectivity index is 2.09. The van der Waals surface area contributed by atoms with Crippen molar-refractivity contribution in [3.05, 3.63) is 53.1 Å². The lowest BCUT2D eigenvalue weighted by Crippen LogP contribution is -2.38. The van der Waals surface area contributed by atoms with Crippen LogP contribution in [0.3, 0.4) is 0 Å². The van der Waals surface area contributed by atoms with Gasteiger partial charge < -0.3 is 14.4 Å². The van der Waals surface area contributed by atoms with Crippen LogP contribution in [0.15, 0.2) is 42.5 Å². The first-order valence-corrected chi connectivity index (χ1v) is 7.38. The maximum absolute atomic E-state index is 12.7. The summed E-state index contributed by atoms with van der Waals surface area (Å²) >= 11 is 6.25. The third kappa shape index (κ3) is 2.50. The molecular weight excluding hydrogens is 302 g/mol. The molecule has 3 rings (SSSR count). The fourth-order valence-electron chi connectivity index (χ4n) is 2.55. The molecule has 114 valence electrons. The first-order chi connectivity index (χ1) is 10.6. The zero-order valence-corrected chi connectivity index (χ0v) is 13.1. The van der Waals surface area contributed by atoms with Crippen LogP contribution in [0.4, 0.5) is 5.69 Å². The van der Waals surface area contributed by atoms with Crippen molar-refractivity contribution in [2.45, 2.75) is 19.6 Å². The van der Waals surface area contributed by atoms with Gasteiger partial charge >= 0.3 is 0 Å². The second-order valence-electron chi connectivity index (χ2n) is 5.08. The third-order valence-corrected chi connectivity index (χ3v) is 3.98. The van der Waals surface area contributed by atoms with Crippen LogP contribution in [0.1, 0.15) is 12.5 Å². The van der Waals surface area contributed by atoms with Gasteiger partial charge in [-0.1, -0.05) is 35.9 Å². The molecule has 0 radical (unpaired) electrons. The number of ether oxygens (including phenoxy) is 2. The van der Waals surface area contributed by atoms with E-state index in [0.717, 1.165) is 5.56 Å². The highest BCUT2D eigenvalue weighted by Gasteiger charge is 2.31. The zero-order valence-electron chi connectivity index (χ0n) is 12.4. The molecule has 0 saturated heterocycles. The van der Waals surface area contributed by atoms with Gasteiger partial charge in [-0.15, -0.1) is 0 Å². The second kappa shape index (κ2) is 5.89. The molecule has 2 aromatic carbocycles.